The molecule has 3 aromatic heterocycles. The number of fused-ring (bicyclic) bond motifs is 2. The van der Waals surface area contributed by atoms with Crippen LogP contribution in [0.3, 0.4) is 0 Å². The molecule has 2 aliphatic carbocycles. The van der Waals surface area contributed by atoms with Gasteiger partial charge >= 0.3 is 6.01 Å². The van der Waals surface area contributed by atoms with E-state index in [1.807, 2.05) is 36.0 Å². The molecule has 0 N–H and O–H groups in total. The lowest BCUT2D eigenvalue weighted by Gasteiger charge is -2.32. The summed E-state index contributed by atoms with van der Waals surface area (Å²) in [4.78, 5) is 25.0. The molecule has 0 aliphatic heterocycles. The lowest BCUT2D eigenvalue weighted by molar-refractivity contribution is -0.140. The SMILES string of the molecule is Cn1cccc1C1(Oc2ncc3cnc(C4(OC=O)C=Cc5cccc(F)c5C4)cc3n2)CC1. The predicted octanol–water partition coefficient (Wildman–Crippen LogP) is 4.21. The second kappa shape index (κ2) is 7.48. The Hall–Kier alpha value is -4.07. The topological polar surface area (TPSA) is 79.1 Å². The zero-order chi connectivity index (χ0) is 23.3. The summed E-state index contributed by atoms with van der Waals surface area (Å²) < 4.78 is 28.4. The van der Waals surface area contributed by atoms with Gasteiger partial charge in [0.25, 0.3) is 6.47 Å². The molecule has 2 aliphatic rings. The Balaban J connectivity index is 1.38. The smallest absolute Gasteiger partial charge is 0.317 e. The average Bonchev–Trinajstić information content (AvgIpc) is 3.48. The quantitative estimate of drug-likeness (QED) is 0.405. The Bertz CT molecular complexity index is 1460. The Morgan fingerprint density at radius 2 is 2.00 bits per heavy atom. The van der Waals surface area contributed by atoms with Gasteiger partial charge in [-0.1, -0.05) is 18.2 Å². The third kappa shape index (κ3) is 3.25. The van der Waals surface area contributed by atoms with Gasteiger partial charge in [0.2, 0.25) is 0 Å². The first-order valence-corrected chi connectivity index (χ1v) is 11.0. The van der Waals surface area contributed by atoms with Crippen LogP contribution in [0.1, 0.15) is 35.4 Å². The number of halogens is 1. The van der Waals surface area contributed by atoms with E-state index in [9.17, 15) is 9.18 Å². The Morgan fingerprint density at radius 1 is 1.15 bits per heavy atom. The number of nitrogens with zero attached hydrogens (tertiary/aromatic N) is 4. The van der Waals surface area contributed by atoms with Gasteiger partial charge in [0.15, 0.2) is 11.2 Å². The standard InChI is InChI=1S/C26H21FN4O3/c1-31-11-3-6-23(31)25(9-10-25)34-24-29-15-18-14-28-22(12-21(18)30-24)26(33-16-32)8-7-17-4-2-5-20(27)19(17)13-26/h2-8,11-12,14-16H,9-10,13H2,1H3. The maximum atomic E-state index is 14.5. The lowest BCUT2D eigenvalue weighted by atomic mass is 9.83. The molecule has 0 amide bonds. The molecule has 170 valence electrons. The monoisotopic (exact) mass is 456 g/mol. The highest BCUT2D eigenvalue weighted by Gasteiger charge is 2.49. The van der Waals surface area contributed by atoms with Crippen molar-refractivity contribution >= 4 is 23.5 Å². The van der Waals surface area contributed by atoms with Gasteiger partial charge in [-0.05, 0) is 54.3 Å². The molecule has 7 nitrogen and oxygen atoms in total. The predicted molar refractivity (Wildman–Crippen MR) is 122 cm³/mol. The van der Waals surface area contributed by atoms with E-state index in [0.717, 1.165) is 24.1 Å². The van der Waals surface area contributed by atoms with Gasteiger partial charge < -0.3 is 14.0 Å². The molecule has 0 spiro atoms. The Kier molecular flexibility index (Phi) is 4.52. The van der Waals surface area contributed by atoms with Gasteiger partial charge in [0.05, 0.1) is 16.9 Å². The summed E-state index contributed by atoms with van der Waals surface area (Å²) in [5.41, 5.74) is 1.69. The third-order valence-electron chi connectivity index (χ3n) is 6.66. The van der Waals surface area contributed by atoms with E-state index in [2.05, 4.69) is 15.0 Å². The number of pyridine rings is 1. The summed E-state index contributed by atoms with van der Waals surface area (Å²) in [7, 11) is 1.99. The maximum absolute atomic E-state index is 14.5. The fraction of sp³-hybridized carbons (Fsp3) is 0.231. The first kappa shape index (κ1) is 20.5. The number of hydrogen-bond acceptors (Lipinski definition) is 6. The van der Waals surface area contributed by atoms with Crippen molar-refractivity contribution in [3.05, 3.63) is 89.4 Å². The summed E-state index contributed by atoms with van der Waals surface area (Å²) >= 11 is 0. The van der Waals surface area contributed by atoms with Crippen LogP contribution in [0.15, 0.2) is 61.1 Å². The molecule has 1 fully saturated rings. The van der Waals surface area contributed by atoms with Crippen molar-refractivity contribution in [2.24, 2.45) is 7.05 Å². The second-order valence-corrected chi connectivity index (χ2v) is 8.80. The Morgan fingerprint density at radius 3 is 2.76 bits per heavy atom. The van der Waals surface area contributed by atoms with Crippen LogP contribution in [-0.4, -0.2) is 26.0 Å². The van der Waals surface area contributed by atoms with Crippen LogP contribution in [0.25, 0.3) is 17.0 Å². The number of ether oxygens (including phenoxy) is 2. The van der Waals surface area contributed by atoms with Crippen molar-refractivity contribution < 1.29 is 18.7 Å². The third-order valence-corrected chi connectivity index (χ3v) is 6.66. The van der Waals surface area contributed by atoms with Crippen LogP contribution >= 0.6 is 0 Å². The molecule has 34 heavy (non-hydrogen) atoms. The molecule has 1 saturated carbocycles. The van der Waals surface area contributed by atoms with Crippen LogP contribution in [0.5, 0.6) is 6.01 Å². The van der Waals surface area contributed by atoms with E-state index >= 15 is 0 Å². The fourth-order valence-electron chi connectivity index (χ4n) is 4.69. The van der Waals surface area contributed by atoms with E-state index in [1.54, 1.807) is 36.7 Å². The van der Waals surface area contributed by atoms with Gasteiger partial charge in [0.1, 0.15) is 5.82 Å². The van der Waals surface area contributed by atoms with E-state index in [1.165, 1.54) is 6.07 Å². The minimum absolute atomic E-state index is 0.133. The molecule has 3 heterocycles. The fourth-order valence-corrected chi connectivity index (χ4v) is 4.69. The molecule has 1 atom stereocenters. The van der Waals surface area contributed by atoms with Gasteiger partial charge in [-0.3, -0.25) is 9.78 Å². The number of benzene rings is 1. The first-order valence-electron chi connectivity index (χ1n) is 11.0. The van der Waals surface area contributed by atoms with E-state index < -0.39 is 11.2 Å². The molecule has 4 aromatic rings. The second-order valence-electron chi connectivity index (χ2n) is 8.80. The van der Waals surface area contributed by atoms with Crippen LogP contribution in [-0.2, 0) is 34.2 Å². The number of aromatic nitrogens is 4. The highest BCUT2D eigenvalue weighted by Crippen LogP contribution is 2.48. The van der Waals surface area contributed by atoms with Gasteiger partial charge in [0, 0.05) is 37.4 Å². The summed E-state index contributed by atoms with van der Waals surface area (Å²) in [6.45, 7) is 0.368. The molecule has 0 saturated heterocycles. The average molecular weight is 456 g/mol. The molecular formula is C26H21FN4O3. The molecule has 1 aromatic carbocycles. The first-order chi connectivity index (χ1) is 16.5. The summed E-state index contributed by atoms with van der Waals surface area (Å²) in [6.07, 6.45) is 10.7. The largest absolute Gasteiger partial charge is 0.450 e. The number of rotatable bonds is 6. The highest BCUT2D eigenvalue weighted by molar-refractivity contribution is 5.78. The number of carbonyl (C=O) groups excluding carboxylic acids is 1. The van der Waals surface area contributed by atoms with Crippen molar-refractivity contribution in [1.82, 2.24) is 19.5 Å². The van der Waals surface area contributed by atoms with E-state index in [0.29, 0.717) is 28.6 Å². The van der Waals surface area contributed by atoms with Gasteiger partial charge in [-0.25, -0.2) is 9.37 Å². The zero-order valence-electron chi connectivity index (χ0n) is 18.4. The number of carbonyl (C=O) groups is 1. The van der Waals surface area contributed by atoms with Crippen molar-refractivity contribution in [2.75, 3.05) is 0 Å². The lowest BCUT2D eigenvalue weighted by Crippen LogP contribution is -2.33. The van der Waals surface area contributed by atoms with Gasteiger partial charge in [-0.15, -0.1) is 0 Å². The van der Waals surface area contributed by atoms with E-state index in [-0.39, 0.29) is 18.2 Å². The summed E-state index contributed by atoms with van der Waals surface area (Å²) in [5, 5.41) is 0.715. The Labute approximate surface area is 194 Å². The molecule has 6 rings (SSSR count). The van der Waals surface area contributed by atoms with Crippen molar-refractivity contribution in [2.45, 2.75) is 30.5 Å². The van der Waals surface area contributed by atoms with Crippen LogP contribution in [0.4, 0.5) is 4.39 Å². The summed E-state index contributed by atoms with van der Waals surface area (Å²) in [6, 6.07) is 10.9. The number of aryl methyl sites for hydroxylation is 1. The zero-order valence-corrected chi connectivity index (χ0v) is 18.4. The molecule has 0 bridgehead atoms. The maximum Gasteiger partial charge on any atom is 0.317 e. The normalized spacial score (nSPS) is 20.1. The minimum atomic E-state index is -1.24. The van der Waals surface area contributed by atoms with Crippen LogP contribution in [0, 0.1) is 5.82 Å². The van der Waals surface area contributed by atoms with Crippen molar-refractivity contribution in [1.29, 1.82) is 0 Å². The molecular weight excluding hydrogens is 435 g/mol. The van der Waals surface area contributed by atoms with Gasteiger partial charge in [-0.2, -0.15) is 4.98 Å². The van der Waals surface area contributed by atoms with Crippen molar-refractivity contribution in [3.8, 4) is 6.01 Å². The highest BCUT2D eigenvalue weighted by atomic mass is 19.1. The summed E-state index contributed by atoms with van der Waals surface area (Å²) in [5.74, 6) is -0.352. The van der Waals surface area contributed by atoms with Crippen LogP contribution in [0.2, 0.25) is 0 Å². The molecule has 0 radical (unpaired) electrons. The molecule has 8 heteroatoms. The van der Waals surface area contributed by atoms with E-state index in [4.69, 9.17) is 9.47 Å². The molecule has 1 unspecified atom stereocenters. The van der Waals surface area contributed by atoms with Crippen LogP contribution < -0.4 is 4.74 Å². The number of hydrogen-bond donors (Lipinski definition) is 0. The van der Waals surface area contributed by atoms with Crippen molar-refractivity contribution in [3.63, 3.8) is 0 Å². The minimum Gasteiger partial charge on any atom is -0.450 e.